The molecule has 3 rings (SSSR count). The number of fused-ring (bicyclic) bond motifs is 1. The molecule has 1 aromatic carbocycles. The van der Waals surface area contributed by atoms with E-state index in [0.717, 1.165) is 10.4 Å². The molecule has 0 aliphatic carbocycles. The predicted octanol–water partition coefficient (Wildman–Crippen LogP) is 4.60. The van der Waals surface area contributed by atoms with Gasteiger partial charge in [-0.25, -0.2) is 9.78 Å². The van der Waals surface area contributed by atoms with E-state index in [0.29, 0.717) is 26.5 Å². The third-order valence-electron chi connectivity index (χ3n) is 4.56. The van der Waals surface area contributed by atoms with Crippen molar-refractivity contribution in [2.45, 2.75) is 41.2 Å². The number of H-pyrrole nitrogens is 1. The van der Waals surface area contributed by atoms with Gasteiger partial charge in [-0.15, -0.1) is 11.3 Å². The Labute approximate surface area is 182 Å². The van der Waals surface area contributed by atoms with Gasteiger partial charge in [0.05, 0.1) is 16.5 Å². The first-order chi connectivity index (χ1) is 14.0. The summed E-state index contributed by atoms with van der Waals surface area (Å²) >= 11 is 7.29. The Kier molecular flexibility index (Phi) is 6.01. The van der Waals surface area contributed by atoms with Gasteiger partial charge >= 0.3 is 5.97 Å². The Morgan fingerprint density at radius 2 is 1.97 bits per heavy atom. The first-order valence-corrected chi connectivity index (χ1v) is 10.4. The number of benzene rings is 1. The monoisotopic (exact) mass is 447 g/mol. The molecule has 158 valence electrons. The number of halogens is 1. The fourth-order valence-corrected chi connectivity index (χ4v) is 3.90. The number of thiophene rings is 1. The molecule has 2 aromatic heterocycles. The van der Waals surface area contributed by atoms with Gasteiger partial charge in [-0.05, 0) is 37.6 Å². The predicted molar refractivity (Wildman–Crippen MR) is 118 cm³/mol. The minimum Gasteiger partial charge on any atom is -0.454 e. The summed E-state index contributed by atoms with van der Waals surface area (Å²) in [5, 5.41) is 4.11. The number of nitrogens with one attached hydrogen (secondary N) is 2. The molecule has 0 bridgehead atoms. The highest BCUT2D eigenvalue weighted by Gasteiger charge is 2.27. The van der Waals surface area contributed by atoms with Crippen molar-refractivity contribution < 1.29 is 14.3 Å². The third kappa shape index (κ3) is 4.55. The first-order valence-electron chi connectivity index (χ1n) is 9.24. The minimum atomic E-state index is -0.608. The number of aromatic nitrogens is 2. The Hall–Kier alpha value is -2.71. The topological polar surface area (TPSA) is 101 Å². The molecule has 2 heterocycles. The number of nitrogens with zero attached hydrogens (tertiary/aromatic N) is 1. The summed E-state index contributed by atoms with van der Waals surface area (Å²) in [5.74, 6) is -0.599. The van der Waals surface area contributed by atoms with Gasteiger partial charge in [0.1, 0.15) is 17.4 Å². The van der Waals surface area contributed by atoms with Crippen LogP contribution in [0.15, 0.2) is 23.0 Å². The van der Waals surface area contributed by atoms with E-state index in [2.05, 4.69) is 15.3 Å². The fourth-order valence-electron chi connectivity index (χ4n) is 2.69. The van der Waals surface area contributed by atoms with Gasteiger partial charge in [0.2, 0.25) is 5.91 Å². The van der Waals surface area contributed by atoms with Crippen molar-refractivity contribution in [2.75, 3.05) is 5.32 Å². The number of amides is 1. The van der Waals surface area contributed by atoms with Gasteiger partial charge in [0, 0.05) is 15.3 Å². The largest absolute Gasteiger partial charge is 0.454 e. The highest BCUT2D eigenvalue weighted by Crippen LogP contribution is 2.34. The molecule has 0 spiro atoms. The van der Waals surface area contributed by atoms with E-state index >= 15 is 0 Å². The Morgan fingerprint density at radius 3 is 2.63 bits per heavy atom. The van der Waals surface area contributed by atoms with Crippen molar-refractivity contribution in [2.24, 2.45) is 5.41 Å². The molecule has 7 nitrogen and oxygen atoms in total. The maximum absolute atomic E-state index is 12.8. The molecular weight excluding hydrogens is 426 g/mol. The number of hydrogen-bond donors (Lipinski definition) is 2. The third-order valence-corrected chi connectivity index (χ3v) is 5.91. The smallest absolute Gasteiger partial charge is 0.341 e. The number of anilines is 1. The second-order valence-electron chi connectivity index (χ2n) is 7.94. The maximum Gasteiger partial charge on any atom is 0.341 e. The summed E-state index contributed by atoms with van der Waals surface area (Å²) < 4.78 is 5.40. The van der Waals surface area contributed by atoms with Crippen LogP contribution in [0.2, 0.25) is 5.02 Å². The van der Waals surface area contributed by atoms with E-state index in [4.69, 9.17) is 16.3 Å². The molecule has 0 fully saturated rings. The van der Waals surface area contributed by atoms with Crippen LogP contribution in [-0.2, 0) is 16.1 Å². The Morgan fingerprint density at radius 1 is 1.27 bits per heavy atom. The van der Waals surface area contributed by atoms with Gasteiger partial charge in [-0.1, -0.05) is 32.4 Å². The normalized spacial score (nSPS) is 11.5. The summed E-state index contributed by atoms with van der Waals surface area (Å²) in [5.41, 5.74) is 0.506. The van der Waals surface area contributed by atoms with Crippen LogP contribution in [0.25, 0.3) is 10.9 Å². The van der Waals surface area contributed by atoms with E-state index in [-0.39, 0.29) is 23.9 Å². The van der Waals surface area contributed by atoms with E-state index in [1.54, 1.807) is 45.9 Å². The molecule has 0 atom stereocenters. The van der Waals surface area contributed by atoms with E-state index in [1.807, 2.05) is 6.92 Å². The van der Waals surface area contributed by atoms with Crippen LogP contribution in [0.1, 0.15) is 47.4 Å². The lowest BCUT2D eigenvalue weighted by Crippen LogP contribution is -2.28. The van der Waals surface area contributed by atoms with Gasteiger partial charge in [0.15, 0.2) is 0 Å². The zero-order chi connectivity index (χ0) is 22.2. The van der Waals surface area contributed by atoms with Gasteiger partial charge in [0.25, 0.3) is 5.56 Å². The number of carbonyl (C=O) groups is 2. The second-order valence-corrected chi connectivity index (χ2v) is 9.60. The standard InChI is InChI=1S/C21H22ClN3O4S/c1-10-11(2)30-18(25-20(28)21(3,4)5)16(10)19(27)29-9-15-23-14-8-12(22)6-7-13(14)17(26)24-15/h6-8H,9H2,1-5H3,(H,25,28)(H,23,24,26). The van der Waals surface area contributed by atoms with Crippen LogP contribution in [0.5, 0.6) is 0 Å². The number of rotatable bonds is 4. The van der Waals surface area contributed by atoms with Crippen LogP contribution in [-0.4, -0.2) is 21.8 Å². The number of ether oxygens (including phenoxy) is 1. The lowest BCUT2D eigenvalue weighted by atomic mass is 9.96. The SMILES string of the molecule is Cc1sc(NC(=O)C(C)(C)C)c(C(=O)OCc2nc3cc(Cl)ccc3c(=O)[nH]2)c1C. The Bertz CT molecular complexity index is 1210. The fraction of sp³-hybridized carbons (Fsp3) is 0.333. The molecule has 0 saturated carbocycles. The van der Waals surface area contributed by atoms with Gasteiger partial charge < -0.3 is 15.0 Å². The lowest BCUT2D eigenvalue weighted by Gasteiger charge is -2.17. The Balaban J connectivity index is 1.84. The molecule has 30 heavy (non-hydrogen) atoms. The summed E-state index contributed by atoms with van der Waals surface area (Å²) in [4.78, 5) is 45.2. The van der Waals surface area contributed by atoms with E-state index < -0.39 is 11.4 Å². The molecular formula is C21H22ClN3O4S. The maximum atomic E-state index is 12.8. The van der Waals surface area contributed by atoms with Crippen molar-refractivity contribution in [1.82, 2.24) is 9.97 Å². The average Bonchev–Trinajstić information content (AvgIpc) is 2.92. The quantitative estimate of drug-likeness (QED) is 0.569. The van der Waals surface area contributed by atoms with Gasteiger partial charge in [-0.2, -0.15) is 0 Å². The molecule has 0 unspecified atom stereocenters. The summed E-state index contributed by atoms with van der Waals surface area (Å²) in [6.07, 6.45) is 0. The number of aromatic amines is 1. The highest BCUT2D eigenvalue weighted by molar-refractivity contribution is 7.16. The highest BCUT2D eigenvalue weighted by atomic mass is 35.5. The number of carbonyl (C=O) groups excluding carboxylic acids is 2. The first kappa shape index (κ1) is 22.0. The molecule has 1 amide bonds. The molecule has 9 heteroatoms. The lowest BCUT2D eigenvalue weighted by molar-refractivity contribution is -0.123. The second kappa shape index (κ2) is 8.20. The van der Waals surface area contributed by atoms with Crippen LogP contribution < -0.4 is 10.9 Å². The minimum absolute atomic E-state index is 0.199. The van der Waals surface area contributed by atoms with Crippen LogP contribution in [0, 0.1) is 19.3 Å². The molecule has 0 aliphatic heterocycles. The van der Waals surface area contributed by atoms with Crippen molar-refractivity contribution >= 4 is 50.7 Å². The molecule has 0 aliphatic rings. The zero-order valence-electron chi connectivity index (χ0n) is 17.3. The zero-order valence-corrected chi connectivity index (χ0v) is 18.9. The van der Waals surface area contributed by atoms with Crippen LogP contribution in [0.3, 0.4) is 0 Å². The average molecular weight is 448 g/mol. The molecule has 3 aromatic rings. The van der Waals surface area contributed by atoms with Crippen molar-refractivity contribution in [3.05, 3.63) is 55.4 Å². The number of hydrogen-bond acceptors (Lipinski definition) is 6. The summed E-state index contributed by atoms with van der Waals surface area (Å²) in [7, 11) is 0. The van der Waals surface area contributed by atoms with Crippen LogP contribution in [0.4, 0.5) is 5.00 Å². The molecule has 0 radical (unpaired) electrons. The molecule has 0 saturated heterocycles. The summed E-state index contributed by atoms with van der Waals surface area (Å²) in [6.45, 7) is 8.82. The molecule has 2 N–H and O–H groups in total. The van der Waals surface area contributed by atoms with Crippen molar-refractivity contribution in [1.29, 1.82) is 0 Å². The van der Waals surface area contributed by atoms with E-state index in [9.17, 15) is 14.4 Å². The summed E-state index contributed by atoms with van der Waals surface area (Å²) in [6, 6.07) is 4.76. The number of esters is 1. The van der Waals surface area contributed by atoms with Gasteiger partial charge in [-0.3, -0.25) is 9.59 Å². The van der Waals surface area contributed by atoms with Crippen LogP contribution >= 0.6 is 22.9 Å². The van der Waals surface area contributed by atoms with Crippen molar-refractivity contribution in [3.8, 4) is 0 Å². The van der Waals surface area contributed by atoms with E-state index in [1.165, 1.54) is 11.3 Å². The number of aryl methyl sites for hydroxylation is 1. The van der Waals surface area contributed by atoms with Crippen molar-refractivity contribution in [3.63, 3.8) is 0 Å².